The van der Waals surface area contributed by atoms with Crippen LogP contribution in [0.4, 0.5) is 5.13 Å². The molecule has 0 aliphatic heterocycles. The summed E-state index contributed by atoms with van der Waals surface area (Å²) in [7, 11) is 0. The molecule has 1 unspecified atom stereocenters. The number of anilines is 1. The first kappa shape index (κ1) is 19.0. The van der Waals surface area contributed by atoms with Crippen molar-refractivity contribution in [1.82, 2.24) is 9.97 Å². The molecule has 3 rings (SSSR count). The molecule has 5 heteroatoms. The van der Waals surface area contributed by atoms with E-state index in [0.717, 1.165) is 30.5 Å². The van der Waals surface area contributed by atoms with E-state index in [1.54, 1.807) is 12.4 Å². The van der Waals surface area contributed by atoms with Gasteiger partial charge in [-0.3, -0.25) is 9.78 Å². The first-order chi connectivity index (χ1) is 13.2. The van der Waals surface area contributed by atoms with Gasteiger partial charge in [0.15, 0.2) is 5.13 Å². The van der Waals surface area contributed by atoms with Crippen LogP contribution >= 0.6 is 11.3 Å². The van der Waals surface area contributed by atoms with Crippen LogP contribution in [-0.2, 0) is 17.6 Å². The zero-order chi connectivity index (χ0) is 19.1. The van der Waals surface area contributed by atoms with Gasteiger partial charge in [-0.05, 0) is 42.5 Å². The summed E-state index contributed by atoms with van der Waals surface area (Å²) in [4.78, 5) is 21.0. The molecule has 3 aromatic rings. The predicted octanol–water partition coefficient (Wildman–Crippen LogP) is 5.14. The fourth-order valence-corrected chi connectivity index (χ4v) is 3.46. The van der Waals surface area contributed by atoms with Gasteiger partial charge in [0.25, 0.3) is 0 Å². The summed E-state index contributed by atoms with van der Waals surface area (Å²) in [5, 5.41) is 5.51. The summed E-state index contributed by atoms with van der Waals surface area (Å²) < 4.78 is 0. The Morgan fingerprint density at radius 2 is 1.89 bits per heavy atom. The number of thiazole rings is 1. The largest absolute Gasteiger partial charge is 0.302 e. The molecule has 27 heavy (non-hydrogen) atoms. The predicted molar refractivity (Wildman–Crippen MR) is 112 cm³/mol. The van der Waals surface area contributed by atoms with E-state index in [4.69, 9.17) is 0 Å². The van der Waals surface area contributed by atoms with Crippen molar-refractivity contribution in [1.29, 1.82) is 0 Å². The normalized spacial score (nSPS) is 11.7. The minimum absolute atomic E-state index is 0.00825. The van der Waals surface area contributed by atoms with Crippen molar-refractivity contribution in [3.05, 3.63) is 78.0 Å². The van der Waals surface area contributed by atoms with Crippen molar-refractivity contribution in [3.63, 3.8) is 0 Å². The van der Waals surface area contributed by atoms with Gasteiger partial charge in [0, 0.05) is 29.3 Å². The Labute approximate surface area is 164 Å². The van der Waals surface area contributed by atoms with Crippen LogP contribution in [0, 0.1) is 5.92 Å². The number of nitrogens with one attached hydrogen (secondary N) is 1. The zero-order valence-electron chi connectivity index (χ0n) is 15.4. The van der Waals surface area contributed by atoms with Gasteiger partial charge in [-0.1, -0.05) is 37.3 Å². The van der Waals surface area contributed by atoms with Crippen LogP contribution in [0.15, 0.2) is 66.8 Å². The number of nitrogens with zero attached hydrogens (tertiary/aromatic N) is 2. The zero-order valence-corrected chi connectivity index (χ0v) is 16.2. The van der Waals surface area contributed by atoms with E-state index in [9.17, 15) is 4.79 Å². The molecule has 138 valence electrons. The van der Waals surface area contributed by atoms with Crippen LogP contribution in [0.3, 0.4) is 0 Å². The number of rotatable bonds is 8. The monoisotopic (exact) mass is 377 g/mol. The van der Waals surface area contributed by atoms with E-state index in [2.05, 4.69) is 46.1 Å². The summed E-state index contributed by atoms with van der Waals surface area (Å²) >= 11 is 1.44. The number of hydrogen-bond acceptors (Lipinski definition) is 4. The van der Waals surface area contributed by atoms with E-state index < -0.39 is 0 Å². The lowest BCUT2D eigenvalue weighted by Crippen LogP contribution is -2.20. The molecule has 1 atom stereocenters. The highest BCUT2D eigenvalue weighted by molar-refractivity contribution is 7.14. The van der Waals surface area contributed by atoms with Gasteiger partial charge in [-0.15, -0.1) is 17.9 Å². The van der Waals surface area contributed by atoms with Gasteiger partial charge >= 0.3 is 0 Å². The van der Waals surface area contributed by atoms with Crippen LogP contribution in [-0.4, -0.2) is 15.9 Å². The number of aromatic nitrogens is 2. The second-order valence-corrected chi connectivity index (χ2v) is 7.37. The number of benzene rings is 1. The van der Waals surface area contributed by atoms with Crippen molar-refractivity contribution in [2.75, 3.05) is 5.32 Å². The molecule has 1 amide bonds. The number of carbonyl (C=O) groups is 1. The van der Waals surface area contributed by atoms with Gasteiger partial charge in [0.2, 0.25) is 5.91 Å². The van der Waals surface area contributed by atoms with Crippen molar-refractivity contribution < 1.29 is 4.79 Å². The molecule has 0 saturated carbocycles. The Kier molecular flexibility index (Phi) is 6.49. The molecule has 0 bridgehead atoms. The van der Waals surface area contributed by atoms with E-state index >= 15 is 0 Å². The first-order valence-corrected chi connectivity index (χ1v) is 9.89. The van der Waals surface area contributed by atoms with Gasteiger partial charge in [-0.2, -0.15) is 0 Å². The first-order valence-electron chi connectivity index (χ1n) is 9.01. The third kappa shape index (κ3) is 5.34. The summed E-state index contributed by atoms with van der Waals surface area (Å²) in [5.41, 5.74) is 4.35. The average Bonchev–Trinajstić information content (AvgIpc) is 3.16. The lowest BCUT2D eigenvalue weighted by molar-refractivity contribution is -0.119. The molecule has 2 aromatic heterocycles. The Morgan fingerprint density at radius 1 is 1.19 bits per heavy atom. The third-order valence-electron chi connectivity index (χ3n) is 4.43. The van der Waals surface area contributed by atoms with Crippen LogP contribution in [0.2, 0.25) is 0 Å². The van der Waals surface area contributed by atoms with Gasteiger partial charge in [0.1, 0.15) is 0 Å². The topological polar surface area (TPSA) is 54.9 Å². The lowest BCUT2D eigenvalue weighted by atomic mass is 9.99. The SMILES string of the molecule is C=CCc1ccc(CCC(C)C(=O)Nc2nc(-c3ccncc3)cs2)cc1. The average molecular weight is 378 g/mol. The van der Waals surface area contributed by atoms with Gasteiger partial charge < -0.3 is 5.32 Å². The highest BCUT2D eigenvalue weighted by Gasteiger charge is 2.15. The molecule has 0 aliphatic carbocycles. The number of carbonyl (C=O) groups excluding carboxylic acids is 1. The smallest absolute Gasteiger partial charge is 0.228 e. The summed E-state index contributed by atoms with van der Waals surface area (Å²) in [6.45, 7) is 5.72. The fraction of sp³-hybridized carbons (Fsp3) is 0.227. The molecule has 1 N–H and O–H groups in total. The van der Waals surface area contributed by atoms with Crippen LogP contribution in [0.25, 0.3) is 11.3 Å². The van der Waals surface area contributed by atoms with Crippen molar-refractivity contribution >= 4 is 22.4 Å². The van der Waals surface area contributed by atoms with Crippen LogP contribution < -0.4 is 5.32 Å². The highest BCUT2D eigenvalue weighted by atomic mass is 32.1. The Hall–Kier alpha value is -2.79. The number of hydrogen-bond donors (Lipinski definition) is 1. The maximum absolute atomic E-state index is 12.5. The third-order valence-corrected chi connectivity index (χ3v) is 5.18. The van der Waals surface area contributed by atoms with Crippen LogP contribution in [0.1, 0.15) is 24.5 Å². The quantitative estimate of drug-likeness (QED) is 0.553. The molecule has 0 spiro atoms. The van der Waals surface area contributed by atoms with Crippen molar-refractivity contribution in [2.24, 2.45) is 5.92 Å². The fourth-order valence-electron chi connectivity index (χ4n) is 2.74. The van der Waals surface area contributed by atoms with Crippen molar-refractivity contribution in [2.45, 2.75) is 26.2 Å². The molecular formula is C22H23N3OS. The Bertz CT molecular complexity index is 887. The van der Waals surface area contributed by atoms with E-state index in [0.29, 0.717) is 5.13 Å². The Morgan fingerprint density at radius 3 is 2.59 bits per heavy atom. The maximum atomic E-state index is 12.5. The number of aryl methyl sites for hydroxylation is 1. The number of allylic oxidation sites excluding steroid dienone is 1. The minimum Gasteiger partial charge on any atom is -0.302 e. The molecule has 0 fully saturated rings. The molecule has 0 aliphatic rings. The van der Waals surface area contributed by atoms with Gasteiger partial charge in [0.05, 0.1) is 5.69 Å². The lowest BCUT2D eigenvalue weighted by Gasteiger charge is -2.11. The highest BCUT2D eigenvalue weighted by Crippen LogP contribution is 2.25. The minimum atomic E-state index is -0.0777. The van der Waals surface area contributed by atoms with E-state index in [1.807, 2.05) is 30.5 Å². The molecule has 0 saturated heterocycles. The number of pyridine rings is 1. The number of amides is 1. The van der Waals surface area contributed by atoms with E-state index in [1.165, 1.54) is 22.5 Å². The summed E-state index contributed by atoms with van der Waals surface area (Å²) in [5.74, 6) is -0.0694. The second-order valence-electron chi connectivity index (χ2n) is 6.51. The molecule has 1 aromatic carbocycles. The molecule has 2 heterocycles. The molecular weight excluding hydrogens is 354 g/mol. The Balaban J connectivity index is 1.52. The van der Waals surface area contributed by atoms with Crippen LogP contribution in [0.5, 0.6) is 0 Å². The van der Waals surface area contributed by atoms with E-state index in [-0.39, 0.29) is 11.8 Å². The van der Waals surface area contributed by atoms with Gasteiger partial charge in [-0.25, -0.2) is 4.98 Å². The van der Waals surface area contributed by atoms with Crippen molar-refractivity contribution in [3.8, 4) is 11.3 Å². The maximum Gasteiger partial charge on any atom is 0.228 e. The second kappa shape index (κ2) is 9.24. The summed E-state index contributed by atoms with van der Waals surface area (Å²) in [6, 6.07) is 12.3. The standard InChI is InChI=1S/C22H23N3OS/c1-3-4-17-7-9-18(10-8-17)6-5-16(2)21(26)25-22-24-20(15-27-22)19-11-13-23-14-12-19/h3,7-16H,1,4-6H2,2H3,(H,24,25,26). The molecule has 0 radical (unpaired) electrons. The molecule has 4 nitrogen and oxygen atoms in total. The summed E-state index contributed by atoms with van der Waals surface area (Å²) in [6.07, 6.45) is 7.94.